The van der Waals surface area contributed by atoms with Crippen LogP contribution >= 0.6 is 0 Å². The fourth-order valence-electron chi connectivity index (χ4n) is 2.37. The van der Waals surface area contributed by atoms with Crippen LogP contribution in [0.5, 0.6) is 0 Å². The first-order valence-electron chi connectivity index (χ1n) is 7.54. The van der Waals surface area contributed by atoms with Gasteiger partial charge >= 0.3 is 12.4 Å². The Morgan fingerprint density at radius 1 is 1.08 bits per heavy atom. The number of carbonyl (C=O) groups excluding carboxylic acids is 2. The van der Waals surface area contributed by atoms with Gasteiger partial charge in [-0.3, -0.25) is 9.59 Å². The number of nitrogens with one attached hydrogen (secondary N) is 2. The highest BCUT2D eigenvalue weighted by Crippen LogP contribution is 2.36. The lowest BCUT2D eigenvalue weighted by Gasteiger charge is -2.27. The molecule has 1 aromatic carbocycles. The van der Waals surface area contributed by atoms with Crippen LogP contribution in [0.2, 0.25) is 0 Å². The maximum absolute atomic E-state index is 12.8. The quantitative estimate of drug-likeness (QED) is 0.781. The number of hydrogen-bond donors (Lipinski definition) is 2. The van der Waals surface area contributed by atoms with Crippen molar-refractivity contribution in [1.82, 2.24) is 15.5 Å². The Bertz CT molecular complexity index is 655. The van der Waals surface area contributed by atoms with Gasteiger partial charge in [-0.25, -0.2) is 0 Å². The van der Waals surface area contributed by atoms with Gasteiger partial charge in [-0.2, -0.15) is 26.3 Å². The van der Waals surface area contributed by atoms with Crippen LogP contribution in [0, 0.1) is 0 Å². The third kappa shape index (κ3) is 5.10. The van der Waals surface area contributed by atoms with Gasteiger partial charge in [-0.05, 0) is 18.2 Å². The zero-order valence-electron chi connectivity index (χ0n) is 13.3. The molecule has 0 radical (unpaired) electrons. The largest absolute Gasteiger partial charge is 0.416 e. The zero-order valence-corrected chi connectivity index (χ0v) is 13.3. The Morgan fingerprint density at radius 2 is 1.65 bits per heavy atom. The molecule has 0 atom stereocenters. The molecule has 0 bridgehead atoms. The van der Waals surface area contributed by atoms with Gasteiger partial charge in [0.2, 0.25) is 5.91 Å². The van der Waals surface area contributed by atoms with E-state index in [4.69, 9.17) is 0 Å². The SMILES string of the molecule is O=C(NCCN1CCNCC1=O)c1cc(C(F)(F)F)cc(C(F)(F)F)c1. The molecular weight excluding hydrogens is 368 g/mol. The normalized spacial score (nSPS) is 15.9. The second kappa shape index (κ2) is 7.52. The first kappa shape index (κ1) is 20.0. The van der Waals surface area contributed by atoms with Crippen LogP contribution in [-0.2, 0) is 17.1 Å². The van der Waals surface area contributed by atoms with Crippen LogP contribution in [-0.4, -0.2) is 49.4 Å². The molecule has 0 aromatic heterocycles. The molecule has 26 heavy (non-hydrogen) atoms. The Kier molecular flexibility index (Phi) is 5.79. The number of alkyl halides is 6. The average molecular weight is 383 g/mol. The van der Waals surface area contributed by atoms with Crippen molar-refractivity contribution in [2.75, 3.05) is 32.7 Å². The number of carbonyl (C=O) groups is 2. The molecule has 5 nitrogen and oxygen atoms in total. The smallest absolute Gasteiger partial charge is 0.350 e. The van der Waals surface area contributed by atoms with Crippen molar-refractivity contribution >= 4 is 11.8 Å². The van der Waals surface area contributed by atoms with E-state index in [1.807, 2.05) is 0 Å². The van der Waals surface area contributed by atoms with Crippen molar-refractivity contribution in [3.63, 3.8) is 0 Å². The highest BCUT2D eigenvalue weighted by Gasteiger charge is 2.37. The van der Waals surface area contributed by atoms with Crippen LogP contribution in [0.1, 0.15) is 21.5 Å². The molecule has 1 heterocycles. The van der Waals surface area contributed by atoms with Crippen molar-refractivity contribution in [3.8, 4) is 0 Å². The summed E-state index contributed by atoms with van der Waals surface area (Å²) >= 11 is 0. The number of benzene rings is 1. The number of rotatable bonds is 4. The van der Waals surface area contributed by atoms with E-state index >= 15 is 0 Å². The number of piperazine rings is 1. The highest BCUT2D eigenvalue weighted by atomic mass is 19.4. The van der Waals surface area contributed by atoms with E-state index in [-0.39, 0.29) is 31.6 Å². The van der Waals surface area contributed by atoms with Crippen molar-refractivity contribution in [1.29, 1.82) is 0 Å². The molecule has 0 spiro atoms. The van der Waals surface area contributed by atoms with Gasteiger partial charge in [-0.15, -0.1) is 0 Å². The first-order chi connectivity index (χ1) is 12.0. The third-order valence-corrected chi connectivity index (χ3v) is 3.70. The van der Waals surface area contributed by atoms with Gasteiger partial charge in [0.25, 0.3) is 5.91 Å². The highest BCUT2D eigenvalue weighted by molar-refractivity contribution is 5.94. The molecule has 0 aliphatic carbocycles. The minimum Gasteiger partial charge on any atom is -0.350 e. The van der Waals surface area contributed by atoms with E-state index < -0.39 is 35.0 Å². The van der Waals surface area contributed by atoms with Crippen molar-refractivity contribution in [2.24, 2.45) is 0 Å². The van der Waals surface area contributed by atoms with E-state index in [2.05, 4.69) is 10.6 Å². The lowest BCUT2D eigenvalue weighted by molar-refractivity contribution is -0.143. The Hall–Kier alpha value is -2.30. The maximum atomic E-state index is 12.8. The van der Waals surface area contributed by atoms with Gasteiger partial charge in [0.15, 0.2) is 0 Å². The molecule has 2 rings (SSSR count). The molecule has 1 saturated heterocycles. The van der Waals surface area contributed by atoms with Gasteiger partial charge in [-0.1, -0.05) is 0 Å². The van der Waals surface area contributed by atoms with E-state index in [1.165, 1.54) is 4.90 Å². The second-order valence-corrected chi connectivity index (χ2v) is 5.61. The molecule has 11 heteroatoms. The minimum atomic E-state index is -5.02. The first-order valence-corrected chi connectivity index (χ1v) is 7.54. The van der Waals surface area contributed by atoms with Crippen LogP contribution in [0.3, 0.4) is 0 Å². The average Bonchev–Trinajstić information content (AvgIpc) is 2.54. The van der Waals surface area contributed by atoms with E-state index in [0.29, 0.717) is 25.2 Å². The number of nitrogens with zero attached hydrogens (tertiary/aromatic N) is 1. The molecular formula is C15H15F6N3O2. The summed E-state index contributed by atoms with van der Waals surface area (Å²) in [4.78, 5) is 24.9. The summed E-state index contributed by atoms with van der Waals surface area (Å²) in [5.74, 6) is -1.28. The molecule has 144 valence electrons. The van der Waals surface area contributed by atoms with E-state index in [1.54, 1.807) is 0 Å². The van der Waals surface area contributed by atoms with Crippen LogP contribution in [0.4, 0.5) is 26.3 Å². The molecule has 2 N–H and O–H groups in total. The molecule has 1 aliphatic heterocycles. The van der Waals surface area contributed by atoms with Crippen LogP contribution in [0.25, 0.3) is 0 Å². The summed E-state index contributed by atoms with van der Waals surface area (Å²) < 4.78 is 76.7. The van der Waals surface area contributed by atoms with E-state index in [9.17, 15) is 35.9 Å². The second-order valence-electron chi connectivity index (χ2n) is 5.61. The molecule has 1 aromatic rings. The summed E-state index contributed by atoms with van der Waals surface area (Å²) in [5, 5.41) is 5.07. The van der Waals surface area contributed by atoms with Crippen LogP contribution in [0.15, 0.2) is 18.2 Å². The lowest BCUT2D eigenvalue weighted by Crippen LogP contribution is -2.50. The lowest BCUT2D eigenvalue weighted by atomic mass is 10.0. The van der Waals surface area contributed by atoms with Gasteiger partial charge < -0.3 is 15.5 Å². The monoisotopic (exact) mass is 383 g/mol. The number of hydrogen-bond acceptors (Lipinski definition) is 3. The molecule has 0 saturated carbocycles. The summed E-state index contributed by atoms with van der Waals surface area (Å²) in [7, 11) is 0. The van der Waals surface area contributed by atoms with Crippen molar-refractivity contribution in [3.05, 3.63) is 34.9 Å². The Balaban J connectivity index is 2.10. The number of amides is 2. The summed E-state index contributed by atoms with van der Waals surface area (Å²) in [6.45, 7) is 1.11. The number of halogens is 6. The molecule has 2 amide bonds. The predicted octanol–water partition coefficient (Wildman–Crippen LogP) is 1.89. The van der Waals surface area contributed by atoms with Gasteiger partial charge in [0.1, 0.15) is 0 Å². The Labute approximate surface area is 144 Å². The molecule has 0 unspecified atom stereocenters. The Morgan fingerprint density at radius 3 is 2.15 bits per heavy atom. The molecule has 1 aliphatic rings. The fraction of sp³-hybridized carbons (Fsp3) is 0.467. The fourth-order valence-corrected chi connectivity index (χ4v) is 2.37. The van der Waals surface area contributed by atoms with Gasteiger partial charge in [0.05, 0.1) is 17.7 Å². The zero-order chi connectivity index (χ0) is 19.5. The van der Waals surface area contributed by atoms with Gasteiger partial charge in [0, 0.05) is 31.7 Å². The van der Waals surface area contributed by atoms with E-state index in [0.717, 1.165) is 0 Å². The predicted molar refractivity (Wildman–Crippen MR) is 78.2 cm³/mol. The summed E-state index contributed by atoms with van der Waals surface area (Å²) in [6.07, 6.45) is -10.0. The standard InChI is InChI=1S/C15H15F6N3O2/c16-14(17,18)10-5-9(6-11(7-10)15(19,20)21)13(26)23-2-4-24-3-1-22-8-12(24)25/h5-7,22H,1-4,8H2,(H,23,26). The topological polar surface area (TPSA) is 61.4 Å². The van der Waals surface area contributed by atoms with Crippen LogP contribution < -0.4 is 10.6 Å². The maximum Gasteiger partial charge on any atom is 0.416 e. The third-order valence-electron chi connectivity index (χ3n) is 3.70. The van der Waals surface area contributed by atoms with Crippen molar-refractivity contribution in [2.45, 2.75) is 12.4 Å². The summed E-state index contributed by atoms with van der Waals surface area (Å²) in [5.41, 5.74) is -3.87. The summed E-state index contributed by atoms with van der Waals surface area (Å²) in [6, 6.07) is 0.678. The minimum absolute atomic E-state index is 0.0455. The van der Waals surface area contributed by atoms with Crippen molar-refractivity contribution < 1.29 is 35.9 Å². The molecule has 1 fully saturated rings.